The number of anilines is 2. The van der Waals surface area contributed by atoms with Crippen molar-refractivity contribution in [3.8, 4) is 17.6 Å². The first-order chi connectivity index (χ1) is 20.8. The van der Waals surface area contributed by atoms with Crippen LogP contribution < -0.4 is 20.5 Å². The Bertz CT molecular complexity index is 1620. The molecule has 1 unspecified atom stereocenters. The van der Waals surface area contributed by atoms with E-state index in [0.717, 1.165) is 4.57 Å². The third-order valence-electron chi connectivity index (χ3n) is 7.16. The van der Waals surface area contributed by atoms with Crippen molar-refractivity contribution in [1.29, 1.82) is 0 Å². The van der Waals surface area contributed by atoms with E-state index in [0.29, 0.717) is 35.2 Å². The van der Waals surface area contributed by atoms with Crippen LogP contribution in [0.5, 0.6) is 5.75 Å². The molecule has 0 amide bonds. The number of methoxy groups -OCH3 is 2. The van der Waals surface area contributed by atoms with Crippen LogP contribution in [0, 0.1) is 11.8 Å². The number of nitrogens with two attached hydrogens (primary N) is 1. The van der Waals surface area contributed by atoms with Gasteiger partial charge >= 0.3 is 6.18 Å². The molecule has 2 aromatic carbocycles. The highest BCUT2D eigenvalue weighted by Crippen LogP contribution is 2.32. The van der Waals surface area contributed by atoms with E-state index in [-0.39, 0.29) is 42.6 Å². The van der Waals surface area contributed by atoms with Crippen LogP contribution >= 0.6 is 0 Å². The Morgan fingerprint density at radius 2 is 1.95 bits per heavy atom. The molecule has 3 atom stereocenters. The summed E-state index contributed by atoms with van der Waals surface area (Å²) in [6.45, 7) is -0.206. The molecular weight excluding hydrogens is 606 g/mol. The minimum Gasteiger partial charge on any atom is -0.495 e. The first-order valence-electron chi connectivity index (χ1n) is 13.7. The van der Waals surface area contributed by atoms with E-state index in [1.807, 2.05) is 4.90 Å². The molecule has 0 radical (unpaired) electrons. The van der Waals surface area contributed by atoms with E-state index in [4.69, 9.17) is 14.6 Å². The highest BCUT2D eigenvalue weighted by molar-refractivity contribution is 7.89. The fraction of sp³-hybridized carbons (Fsp3) is 0.448. The van der Waals surface area contributed by atoms with Crippen molar-refractivity contribution in [2.75, 3.05) is 57.6 Å². The first kappa shape index (κ1) is 33.3. The van der Waals surface area contributed by atoms with E-state index in [2.05, 4.69) is 22.5 Å². The number of halogens is 4. The maximum absolute atomic E-state index is 15.2. The van der Waals surface area contributed by atoms with Crippen LogP contribution in [0.3, 0.4) is 0 Å². The van der Waals surface area contributed by atoms with Gasteiger partial charge in [0.25, 0.3) is 0 Å². The lowest BCUT2D eigenvalue weighted by molar-refractivity contribution is -0.140. The molecule has 3 aromatic rings. The summed E-state index contributed by atoms with van der Waals surface area (Å²) in [7, 11) is -1.12. The van der Waals surface area contributed by atoms with Crippen LogP contribution in [-0.2, 0) is 21.3 Å². The number of piperidine rings is 1. The fourth-order valence-corrected chi connectivity index (χ4v) is 5.70. The van der Waals surface area contributed by atoms with Crippen molar-refractivity contribution >= 4 is 32.3 Å². The largest absolute Gasteiger partial charge is 0.495 e. The van der Waals surface area contributed by atoms with Gasteiger partial charge in [0.05, 0.1) is 54.2 Å². The standard InChI is InChI=1S/C29H35F4N5O5S/c1-42-17-20(39)15-37-12-10-25(23(30)16-37)36-24-6-3-7-27-22(24)13-19(38(27)18-29(31,32)33)5-4-11-35-26-9-8-21(44(34,40)41)14-28(26)43-2/h3,6-9,13-14,20,23,25,35-36,39H,10-12,15-18H2,1-2H3,(H2,34,40,41)/t20?,23-,25+/m1/s1. The highest BCUT2D eigenvalue weighted by Gasteiger charge is 2.32. The van der Waals surface area contributed by atoms with Gasteiger partial charge in [-0.25, -0.2) is 17.9 Å². The molecular formula is C29H35F4N5O5S. The predicted octanol–water partition coefficient (Wildman–Crippen LogP) is 3.15. The van der Waals surface area contributed by atoms with Gasteiger partial charge in [-0.15, -0.1) is 0 Å². The van der Waals surface area contributed by atoms with Gasteiger partial charge in [0.15, 0.2) is 0 Å². The van der Waals surface area contributed by atoms with Crippen LogP contribution in [0.15, 0.2) is 47.4 Å². The first-order valence-corrected chi connectivity index (χ1v) is 15.3. The summed E-state index contributed by atoms with van der Waals surface area (Å²) in [5.41, 5.74) is 1.31. The fourth-order valence-electron chi connectivity index (χ4n) is 5.17. The summed E-state index contributed by atoms with van der Waals surface area (Å²) in [6.07, 6.45) is -6.09. The van der Waals surface area contributed by atoms with Gasteiger partial charge in [-0.1, -0.05) is 12.0 Å². The summed E-state index contributed by atoms with van der Waals surface area (Å²) in [5, 5.41) is 21.8. The van der Waals surface area contributed by atoms with E-state index in [9.17, 15) is 26.7 Å². The number of β-amino-alcohol motifs (C(OH)–C–C–N with tert-alkyl or cyclic N) is 1. The van der Waals surface area contributed by atoms with Crippen molar-refractivity contribution < 1.29 is 40.6 Å². The zero-order valence-corrected chi connectivity index (χ0v) is 25.0. The molecule has 10 nitrogen and oxygen atoms in total. The van der Waals surface area contributed by atoms with Gasteiger partial charge in [0, 0.05) is 43.9 Å². The number of rotatable bonds is 11. The van der Waals surface area contributed by atoms with Crippen LogP contribution in [-0.4, -0.2) is 94.5 Å². The molecule has 15 heteroatoms. The molecule has 1 aliphatic heterocycles. The molecule has 5 N–H and O–H groups in total. The number of sulfonamides is 1. The number of benzene rings is 2. The Morgan fingerprint density at radius 3 is 2.61 bits per heavy atom. The average Bonchev–Trinajstić information content (AvgIpc) is 3.28. The topological polar surface area (TPSA) is 131 Å². The lowest BCUT2D eigenvalue weighted by Gasteiger charge is -2.36. The number of nitrogens with zero attached hydrogens (tertiary/aromatic N) is 2. The SMILES string of the molecule is COCC(O)CN1CC[C@H](Nc2cccc3c2cc(C#CCNc2ccc(S(N)(=O)=O)cc2OC)n3CC(F)(F)F)[C@H](F)C1. The summed E-state index contributed by atoms with van der Waals surface area (Å²) >= 11 is 0. The minimum absolute atomic E-state index is 0.00488. The second-order valence-corrected chi connectivity index (χ2v) is 12.0. The molecule has 0 aliphatic carbocycles. The number of aromatic nitrogens is 1. The minimum atomic E-state index is -4.52. The monoisotopic (exact) mass is 641 g/mol. The molecule has 2 heterocycles. The zero-order chi connectivity index (χ0) is 32.1. The van der Waals surface area contributed by atoms with Gasteiger partial charge in [-0.05, 0) is 42.7 Å². The van der Waals surface area contributed by atoms with Crippen molar-refractivity contribution in [3.63, 3.8) is 0 Å². The molecule has 1 aromatic heterocycles. The van der Waals surface area contributed by atoms with Crippen molar-refractivity contribution in [1.82, 2.24) is 9.47 Å². The Balaban J connectivity index is 1.54. The molecule has 1 fully saturated rings. The van der Waals surface area contributed by atoms with Gasteiger partial charge in [0.1, 0.15) is 18.5 Å². The normalized spacial score (nSPS) is 18.5. The Morgan fingerprint density at radius 1 is 1.18 bits per heavy atom. The van der Waals surface area contributed by atoms with Crippen molar-refractivity contribution in [2.45, 2.75) is 42.4 Å². The molecule has 0 bridgehead atoms. The molecule has 1 saturated heterocycles. The summed E-state index contributed by atoms with van der Waals surface area (Å²) in [5.74, 6) is 5.80. The van der Waals surface area contributed by atoms with Crippen LogP contribution in [0.4, 0.5) is 28.9 Å². The van der Waals surface area contributed by atoms with Crippen LogP contribution in [0.1, 0.15) is 12.1 Å². The second kappa shape index (κ2) is 14.0. The number of fused-ring (bicyclic) bond motifs is 1. The number of likely N-dealkylation sites (tertiary alicyclic amines) is 1. The number of hydrogen-bond donors (Lipinski definition) is 4. The second-order valence-electron chi connectivity index (χ2n) is 10.5. The molecule has 1 aliphatic rings. The third kappa shape index (κ3) is 8.54. The Kier molecular flexibility index (Phi) is 10.6. The van der Waals surface area contributed by atoms with E-state index in [1.54, 1.807) is 24.3 Å². The number of primary sulfonamides is 1. The number of nitrogens with one attached hydrogen (secondary N) is 2. The lowest BCUT2D eigenvalue weighted by Crippen LogP contribution is -2.50. The molecule has 4 rings (SSSR count). The highest BCUT2D eigenvalue weighted by atomic mass is 32.2. The zero-order valence-electron chi connectivity index (χ0n) is 24.2. The number of ether oxygens (including phenoxy) is 2. The Hall–Kier alpha value is -3.55. The van der Waals surface area contributed by atoms with Crippen LogP contribution in [0.25, 0.3) is 10.9 Å². The molecule has 240 valence electrons. The van der Waals surface area contributed by atoms with E-state index in [1.165, 1.54) is 32.4 Å². The predicted molar refractivity (Wildman–Crippen MR) is 159 cm³/mol. The summed E-state index contributed by atoms with van der Waals surface area (Å²) in [6, 6.07) is 9.81. The summed E-state index contributed by atoms with van der Waals surface area (Å²) < 4.78 is 90.4. The quantitative estimate of drug-likeness (QED) is 0.186. The number of aliphatic hydroxyl groups is 1. The van der Waals surface area contributed by atoms with Gasteiger partial charge < -0.3 is 29.8 Å². The number of hydrogen-bond acceptors (Lipinski definition) is 8. The lowest BCUT2D eigenvalue weighted by atomic mass is 10.0. The third-order valence-corrected chi connectivity index (χ3v) is 8.07. The van der Waals surface area contributed by atoms with Crippen molar-refractivity contribution in [2.24, 2.45) is 5.14 Å². The number of aliphatic hydroxyl groups excluding tert-OH is 1. The maximum Gasteiger partial charge on any atom is 0.406 e. The van der Waals surface area contributed by atoms with Crippen molar-refractivity contribution in [3.05, 3.63) is 48.2 Å². The maximum atomic E-state index is 15.2. The van der Waals surface area contributed by atoms with Gasteiger partial charge in [-0.3, -0.25) is 4.90 Å². The molecule has 0 saturated carbocycles. The van der Waals surface area contributed by atoms with Crippen LogP contribution in [0.2, 0.25) is 0 Å². The van der Waals surface area contributed by atoms with Gasteiger partial charge in [-0.2, -0.15) is 13.2 Å². The Labute approximate surface area is 253 Å². The van der Waals surface area contributed by atoms with E-state index >= 15 is 4.39 Å². The van der Waals surface area contributed by atoms with E-state index < -0.39 is 41.1 Å². The smallest absolute Gasteiger partial charge is 0.406 e. The molecule has 0 spiro atoms. The summed E-state index contributed by atoms with van der Waals surface area (Å²) in [4.78, 5) is 1.68. The molecule has 44 heavy (non-hydrogen) atoms. The van der Waals surface area contributed by atoms with Gasteiger partial charge in [0.2, 0.25) is 10.0 Å². The number of alkyl halides is 4. The average molecular weight is 642 g/mol.